The van der Waals surface area contributed by atoms with E-state index in [9.17, 15) is 9.59 Å². The maximum absolute atomic E-state index is 13.3. The molecule has 4 rings (SSSR count). The van der Waals surface area contributed by atoms with Crippen LogP contribution in [-0.4, -0.2) is 41.3 Å². The highest BCUT2D eigenvalue weighted by molar-refractivity contribution is 6.06. The molecule has 0 aromatic heterocycles. The molecule has 0 unspecified atom stereocenters. The molecule has 0 radical (unpaired) electrons. The molecule has 1 aliphatic heterocycles. The Morgan fingerprint density at radius 3 is 2.31 bits per heavy atom. The van der Waals surface area contributed by atoms with E-state index in [1.165, 1.54) is 51.4 Å². The van der Waals surface area contributed by atoms with Gasteiger partial charge in [0, 0.05) is 19.0 Å². The molecule has 3 saturated carbocycles. The summed E-state index contributed by atoms with van der Waals surface area (Å²) in [5, 5.41) is 3.37. The van der Waals surface area contributed by atoms with Gasteiger partial charge in [0.25, 0.3) is 5.91 Å². The Hall–Kier alpha value is -1.59. The third kappa shape index (κ3) is 5.48. The van der Waals surface area contributed by atoms with Crippen molar-refractivity contribution in [1.29, 1.82) is 0 Å². The van der Waals surface area contributed by atoms with Gasteiger partial charge in [-0.05, 0) is 56.8 Å². The van der Waals surface area contributed by atoms with Crippen LogP contribution in [0, 0.1) is 17.8 Å². The van der Waals surface area contributed by atoms with E-state index in [-0.39, 0.29) is 23.8 Å². The average Bonchev–Trinajstić information content (AvgIpc) is 3.03. The number of likely N-dealkylation sites (N-methyl/N-ethyl adjacent to an activating group) is 1. The van der Waals surface area contributed by atoms with Crippen molar-refractivity contribution in [2.45, 2.75) is 121 Å². The molecule has 32 heavy (non-hydrogen) atoms. The summed E-state index contributed by atoms with van der Waals surface area (Å²) in [6, 6.07) is 0.245. The van der Waals surface area contributed by atoms with Crippen LogP contribution in [0.5, 0.6) is 0 Å². The number of hydrogen-bond donors (Lipinski definition) is 2. The van der Waals surface area contributed by atoms with Crippen LogP contribution < -0.4 is 11.1 Å². The quantitative estimate of drug-likeness (QED) is 0.605. The standard InChI is InChI=1S/C26H44N4O2/c1-30-24(32)26(29-25(30)27,16-15-19-9-4-2-5-10-19)18-20-11-8-14-22(17-20)28-23(31)21-12-6-3-7-13-21/h19-22H,2-18H2,1H3,(H2,27,29)(H,28,31)/t20-,22+,26+/m0/s1. The molecule has 1 heterocycles. The molecule has 3 atom stereocenters. The van der Waals surface area contributed by atoms with Gasteiger partial charge >= 0.3 is 0 Å². The second kappa shape index (κ2) is 10.6. The summed E-state index contributed by atoms with van der Waals surface area (Å²) in [5.74, 6) is 2.07. The van der Waals surface area contributed by atoms with Crippen molar-refractivity contribution >= 4 is 17.8 Å². The van der Waals surface area contributed by atoms with Gasteiger partial charge in [0.05, 0.1) is 0 Å². The number of carbonyl (C=O) groups excluding carboxylic acids is 2. The average molecular weight is 445 g/mol. The fourth-order valence-electron chi connectivity index (χ4n) is 6.84. The van der Waals surface area contributed by atoms with E-state index in [0.29, 0.717) is 11.9 Å². The van der Waals surface area contributed by atoms with Gasteiger partial charge in [-0.3, -0.25) is 14.5 Å². The van der Waals surface area contributed by atoms with Crippen molar-refractivity contribution < 1.29 is 9.59 Å². The van der Waals surface area contributed by atoms with Crippen LogP contribution in [0.1, 0.15) is 109 Å². The molecule has 0 bridgehead atoms. The van der Waals surface area contributed by atoms with Crippen molar-refractivity contribution in [1.82, 2.24) is 10.2 Å². The number of nitrogens with two attached hydrogens (primary N) is 1. The predicted octanol–water partition coefficient (Wildman–Crippen LogP) is 4.52. The second-order valence-electron chi connectivity index (χ2n) is 11.2. The fraction of sp³-hybridized carbons (Fsp3) is 0.885. The van der Waals surface area contributed by atoms with E-state index >= 15 is 0 Å². The number of guanidine groups is 1. The lowest BCUT2D eigenvalue weighted by Gasteiger charge is -2.36. The Kier molecular flexibility index (Phi) is 7.78. The van der Waals surface area contributed by atoms with E-state index < -0.39 is 5.54 Å². The van der Waals surface area contributed by atoms with Crippen molar-refractivity contribution in [3.8, 4) is 0 Å². The first-order valence-electron chi connectivity index (χ1n) is 13.4. The first-order valence-corrected chi connectivity index (χ1v) is 13.4. The number of carbonyl (C=O) groups is 2. The number of aliphatic imine (C=N–C) groups is 1. The zero-order chi connectivity index (χ0) is 22.6. The maximum Gasteiger partial charge on any atom is 0.257 e. The van der Waals surface area contributed by atoms with Crippen LogP contribution >= 0.6 is 0 Å². The largest absolute Gasteiger partial charge is 0.369 e. The summed E-state index contributed by atoms with van der Waals surface area (Å²) in [6.07, 6.45) is 19.2. The summed E-state index contributed by atoms with van der Waals surface area (Å²) in [4.78, 5) is 32.5. The maximum atomic E-state index is 13.3. The number of nitrogens with zero attached hydrogens (tertiary/aromatic N) is 2. The Morgan fingerprint density at radius 1 is 1.00 bits per heavy atom. The van der Waals surface area contributed by atoms with Crippen molar-refractivity contribution in [3.63, 3.8) is 0 Å². The van der Waals surface area contributed by atoms with Crippen molar-refractivity contribution in [3.05, 3.63) is 0 Å². The predicted molar refractivity (Wildman–Crippen MR) is 128 cm³/mol. The summed E-state index contributed by atoms with van der Waals surface area (Å²) >= 11 is 0. The molecule has 4 aliphatic rings. The van der Waals surface area contributed by atoms with E-state index in [0.717, 1.165) is 63.7 Å². The Labute approximate surface area is 194 Å². The normalized spacial score (nSPS) is 32.7. The lowest BCUT2D eigenvalue weighted by atomic mass is 9.74. The van der Waals surface area contributed by atoms with Crippen LogP contribution in [0.4, 0.5) is 0 Å². The smallest absolute Gasteiger partial charge is 0.257 e. The Balaban J connectivity index is 1.37. The SMILES string of the molecule is CN1C(=O)[C@@](CCC2CCCCC2)(C[C@H]2CCC[C@@H](NC(=O)C3CCCCC3)C2)N=C1N. The number of hydrogen-bond acceptors (Lipinski definition) is 4. The minimum atomic E-state index is -0.684. The minimum Gasteiger partial charge on any atom is -0.369 e. The molecule has 180 valence electrons. The van der Waals surface area contributed by atoms with E-state index in [1.807, 2.05) is 0 Å². The molecule has 0 aromatic carbocycles. The van der Waals surface area contributed by atoms with Crippen molar-refractivity contribution in [2.24, 2.45) is 28.5 Å². The summed E-state index contributed by atoms with van der Waals surface area (Å²) < 4.78 is 0. The van der Waals surface area contributed by atoms with Gasteiger partial charge in [0.1, 0.15) is 5.54 Å². The number of amides is 2. The molecule has 0 aromatic rings. The zero-order valence-electron chi connectivity index (χ0n) is 20.1. The van der Waals surface area contributed by atoms with E-state index in [4.69, 9.17) is 10.7 Å². The molecule has 0 saturated heterocycles. The fourth-order valence-corrected chi connectivity index (χ4v) is 6.84. The van der Waals surface area contributed by atoms with Crippen LogP contribution in [-0.2, 0) is 9.59 Å². The monoisotopic (exact) mass is 444 g/mol. The van der Waals surface area contributed by atoms with Crippen LogP contribution in [0.3, 0.4) is 0 Å². The lowest BCUT2D eigenvalue weighted by molar-refractivity contribution is -0.132. The highest BCUT2D eigenvalue weighted by Crippen LogP contribution is 2.40. The van der Waals surface area contributed by atoms with Crippen LogP contribution in [0.15, 0.2) is 4.99 Å². The number of nitrogens with one attached hydrogen (secondary N) is 1. The molecule has 2 amide bonds. The Morgan fingerprint density at radius 2 is 1.66 bits per heavy atom. The van der Waals surface area contributed by atoms with Crippen molar-refractivity contribution in [2.75, 3.05) is 7.05 Å². The molecular weight excluding hydrogens is 400 g/mol. The summed E-state index contributed by atoms with van der Waals surface area (Å²) in [7, 11) is 1.76. The van der Waals surface area contributed by atoms with Gasteiger partial charge in [-0.2, -0.15) is 0 Å². The van der Waals surface area contributed by atoms with E-state index in [1.54, 1.807) is 11.9 Å². The first kappa shape index (κ1) is 23.6. The third-order valence-electron chi connectivity index (χ3n) is 8.80. The number of rotatable bonds is 7. The minimum absolute atomic E-state index is 0.0826. The van der Waals surface area contributed by atoms with Crippen LogP contribution in [0.25, 0.3) is 0 Å². The second-order valence-corrected chi connectivity index (χ2v) is 11.2. The first-order chi connectivity index (χ1) is 15.5. The molecular formula is C26H44N4O2. The highest BCUT2D eigenvalue weighted by Gasteiger charge is 2.48. The van der Waals surface area contributed by atoms with Gasteiger partial charge in [0.15, 0.2) is 5.96 Å². The Bertz CT molecular complexity index is 696. The molecule has 3 aliphatic carbocycles. The highest BCUT2D eigenvalue weighted by atomic mass is 16.2. The van der Waals surface area contributed by atoms with Crippen LogP contribution in [0.2, 0.25) is 0 Å². The van der Waals surface area contributed by atoms with Gasteiger partial charge in [-0.25, -0.2) is 4.99 Å². The lowest BCUT2D eigenvalue weighted by Crippen LogP contribution is -2.46. The summed E-state index contributed by atoms with van der Waals surface area (Å²) in [6.45, 7) is 0. The van der Waals surface area contributed by atoms with Gasteiger partial charge in [-0.1, -0.05) is 64.2 Å². The topological polar surface area (TPSA) is 87.8 Å². The van der Waals surface area contributed by atoms with Gasteiger partial charge in [0.2, 0.25) is 5.91 Å². The van der Waals surface area contributed by atoms with E-state index in [2.05, 4.69) is 5.32 Å². The molecule has 6 nitrogen and oxygen atoms in total. The van der Waals surface area contributed by atoms with Gasteiger partial charge < -0.3 is 11.1 Å². The molecule has 3 fully saturated rings. The van der Waals surface area contributed by atoms with Gasteiger partial charge in [-0.15, -0.1) is 0 Å². The third-order valence-corrected chi connectivity index (χ3v) is 8.80. The molecule has 0 spiro atoms. The summed E-state index contributed by atoms with van der Waals surface area (Å²) in [5.41, 5.74) is 5.45. The molecule has 6 heteroatoms. The molecule has 3 N–H and O–H groups in total. The zero-order valence-corrected chi connectivity index (χ0v) is 20.1.